The molecule has 2 fully saturated rings. The summed E-state index contributed by atoms with van der Waals surface area (Å²) in [6.07, 6.45) is -18.1. The second-order valence-corrected chi connectivity index (χ2v) is 40.2. The van der Waals surface area contributed by atoms with Gasteiger partial charge in [-0.05, 0) is 223 Å². The van der Waals surface area contributed by atoms with E-state index in [1.54, 1.807) is 76.5 Å². The lowest BCUT2D eigenvalue weighted by atomic mass is 10.1. The molecule has 13 rings (SSSR count). The van der Waals surface area contributed by atoms with Gasteiger partial charge >= 0.3 is 36.9 Å². The van der Waals surface area contributed by atoms with Gasteiger partial charge in [-0.1, -0.05) is 71.3 Å². The van der Waals surface area contributed by atoms with Crippen molar-refractivity contribution in [2.45, 2.75) is 156 Å². The zero-order valence-electron chi connectivity index (χ0n) is 61.3. The Bertz CT molecular complexity index is 4330. The first-order valence-electron chi connectivity index (χ1n) is 33.6. The Hall–Kier alpha value is -2.03. The lowest BCUT2D eigenvalue weighted by Gasteiger charge is -2.13. The zero-order valence-corrected chi connectivity index (χ0v) is 81.2. The molecule has 4 N–H and O–H groups in total. The summed E-state index contributed by atoms with van der Waals surface area (Å²) in [6.45, 7) is 4.88. The molecule has 658 valence electrons. The molecule has 0 saturated carbocycles. The highest BCUT2D eigenvalue weighted by atomic mass is 79.9. The smallest absolute Gasteiger partial charge is 0.426 e. The molecule has 0 bridgehead atoms. The molecule has 0 amide bonds. The van der Waals surface area contributed by atoms with E-state index in [1.807, 2.05) is 19.1 Å². The molecule has 45 heteroatoms. The number of ether oxygens (including phenoxy) is 6. The minimum absolute atomic E-state index is 0.0101. The van der Waals surface area contributed by atoms with Crippen molar-refractivity contribution in [2.75, 3.05) is 33.0 Å². The van der Waals surface area contributed by atoms with Gasteiger partial charge in [0.1, 0.15) is 20.4 Å². The number of thiophene rings is 9. The number of hydrogen-bond acceptors (Lipinski definition) is 20. The fourth-order valence-electron chi connectivity index (χ4n) is 8.98. The summed E-state index contributed by atoms with van der Waals surface area (Å²) in [5.74, 6) is 0.669. The molecule has 0 spiro atoms. The van der Waals surface area contributed by atoms with Gasteiger partial charge in [0.15, 0.2) is 34.6 Å². The van der Waals surface area contributed by atoms with Crippen molar-refractivity contribution >= 4 is 243 Å². The van der Waals surface area contributed by atoms with Crippen LogP contribution in [0.15, 0.2) is 120 Å². The van der Waals surface area contributed by atoms with E-state index in [0.717, 1.165) is 94.7 Å². The van der Waals surface area contributed by atoms with Crippen LogP contribution in [-0.4, -0.2) is 84.1 Å². The minimum Gasteiger partial charge on any atom is -0.480 e. The molecular weight excluding hydrogens is 2280 g/mol. The van der Waals surface area contributed by atoms with Gasteiger partial charge < -0.3 is 48.8 Å². The number of halogens is 25. The van der Waals surface area contributed by atoms with Gasteiger partial charge in [-0.25, -0.2) is 4.79 Å². The number of hydrogen-bond donors (Lipinski definition) is 4. The van der Waals surface area contributed by atoms with Crippen LogP contribution in [-0.2, 0) is 87.2 Å². The van der Waals surface area contributed by atoms with Gasteiger partial charge in [-0.2, -0.15) is 70.2 Å². The van der Waals surface area contributed by atoms with Crippen LogP contribution in [0.3, 0.4) is 0 Å². The molecule has 11 nitrogen and oxygen atoms in total. The predicted octanol–water partition coefficient (Wildman–Crippen LogP) is 30.0. The van der Waals surface area contributed by atoms with Gasteiger partial charge in [0.05, 0.1) is 58.7 Å². The summed E-state index contributed by atoms with van der Waals surface area (Å²) in [6, 6.07) is 28.9. The summed E-state index contributed by atoms with van der Waals surface area (Å²) in [7, 11) is 0. The average Bonchev–Trinajstić information content (AvgIpc) is 1.74. The van der Waals surface area contributed by atoms with E-state index in [-0.39, 0.29) is 68.5 Å². The number of fused-ring (bicyclic) bond motifs is 1. The summed E-state index contributed by atoms with van der Waals surface area (Å²) < 4.78 is 224. The lowest BCUT2D eigenvalue weighted by molar-refractivity contribution is -0.189. The quantitative estimate of drug-likeness (QED) is 0.0391. The van der Waals surface area contributed by atoms with Gasteiger partial charge in [0.2, 0.25) is 0 Å². The number of aryl methyl sites for hydroxylation is 2. The molecule has 118 heavy (non-hydrogen) atoms. The first-order chi connectivity index (χ1) is 55.4. The Labute approximate surface area is 773 Å². The summed E-state index contributed by atoms with van der Waals surface area (Å²) >= 11 is 44.6. The van der Waals surface area contributed by atoms with Crippen molar-refractivity contribution < 1.29 is 124 Å². The van der Waals surface area contributed by atoms with Crippen LogP contribution in [0, 0.1) is 19.0 Å². The SMILES string of the molecule is CCOC(=O)c1ccc(OCC(F)(F)F)s1.Cc1cc(CBr)sc1Br.Cc1cc(CO)sc1Br.ClCc1ccc(C2CCCO2)s1.FC(F)(F)C1Cc2cc(CCl)ccc2O1.FC(F)(F)c1sc(CBr)cc1Br.Fc1ccc(CBr)s1.OCc1cc(Br)c(C(F)(F)F)s1.OCc1ccc(C2CCCO2)s1.OCc1ccc(OCC(F)(F)F)s1. The maximum Gasteiger partial charge on any atom is 0.426 e. The van der Waals surface area contributed by atoms with E-state index in [9.17, 15) is 75.0 Å². The molecule has 9 aromatic heterocycles. The fourth-order valence-corrected chi connectivity index (χ4v) is 21.2. The highest BCUT2D eigenvalue weighted by Gasteiger charge is 2.45. The second kappa shape index (κ2) is 54.2. The van der Waals surface area contributed by atoms with Gasteiger partial charge in [-0.15, -0.1) is 114 Å². The van der Waals surface area contributed by atoms with Crippen molar-refractivity contribution in [1.82, 2.24) is 0 Å². The van der Waals surface area contributed by atoms with Crippen molar-refractivity contribution in [2.24, 2.45) is 0 Å². The maximum absolute atomic E-state index is 12.4. The molecule has 2 saturated heterocycles. The monoisotopic (exact) mass is 2340 g/mol. The maximum atomic E-state index is 12.4. The van der Waals surface area contributed by atoms with E-state index in [1.165, 1.54) is 101 Å². The molecular formula is C73H71Br7Cl2F16O11S9. The standard InChI is InChI=1S/C10H8ClF3O.C9H11ClOS.C9H9F3O3S.C9H12O2S.C7H7F3O2S.C6H3Br2F3S.C6H6Br2S.C6H4BrF3OS.C6H7BrOS.C5H4BrFS/c11-5-6-1-2-8-7(3-6)4-9(15-8)10(12,13)14;10-6-7-3-4-9(12-7)8-2-1-5-11-8;1-2-14-8(13)6-3-4-7(16-6)15-5-9(10,11)12;10-6-7-3-4-9(12-7)8-2-1-5-11-8;8-7(9,10)4-12-6-2-1-5(3-11)13-6;7-2-3-1-4(8)5(12-3)6(9,10)11;1-4-2-5(3-7)9-6(4)8;7-4-1-3(2-11)12-5(4)6(8,9)10;1-4-2-5(3-8)9-6(4)7;6-3-4-1-2-5(7)8-4/h1-3,9H,4-5H2;3-4,8H,1-2,5-6H2;3-4H,2,5H2,1H3;3-4,8,10H,1-2,5-6H2;1-2,11H,3-4H2;1H,2H2;2H,3H2,1H3;1,11H,2H2;2,8H,3H2,1H3;1-2H,3H2. The molecule has 0 aliphatic carbocycles. The van der Waals surface area contributed by atoms with Crippen LogP contribution in [0.4, 0.5) is 70.2 Å². The fraction of sp³-hybridized carbons (Fsp3) is 0.411. The number of esters is 1. The molecule has 3 atom stereocenters. The van der Waals surface area contributed by atoms with Crippen molar-refractivity contribution in [3.63, 3.8) is 0 Å². The number of aliphatic hydroxyl groups is 4. The van der Waals surface area contributed by atoms with E-state index in [0.29, 0.717) is 66.6 Å². The number of carbonyl (C=O) groups is 1. The lowest BCUT2D eigenvalue weighted by Crippen LogP contribution is -2.32. The van der Waals surface area contributed by atoms with Gasteiger partial charge in [-0.3, -0.25) is 0 Å². The van der Waals surface area contributed by atoms with Crippen molar-refractivity contribution in [1.29, 1.82) is 0 Å². The topological polar surface area (TPSA) is 153 Å². The van der Waals surface area contributed by atoms with E-state index in [2.05, 4.69) is 157 Å². The normalized spacial score (nSPS) is 14.7. The van der Waals surface area contributed by atoms with Crippen molar-refractivity contribution in [3.8, 4) is 15.9 Å². The number of aliphatic hydroxyl groups excluding tert-OH is 4. The van der Waals surface area contributed by atoms with Crippen LogP contribution in [0.25, 0.3) is 0 Å². The molecule has 1 aromatic carbocycles. The molecule has 3 aliphatic heterocycles. The van der Waals surface area contributed by atoms with E-state index < -0.39 is 65.9 Å². The highest BCUT2D eigenvalue weighted by Crippen LogP contribution is 2.44. The van der Waals surface area contributed by atoms with E-state index >= 15 is 0 Å². The summed E-state index contributed by atoms with van der Waals surface area (Å²) in [4.78, 5) is 19.9. The van der Waals surface area contributed by atoms with Crippen LogP contribution >= 0.6 is 237 Å². The third-order valence-electron chi connectivity index (χ3n) is 14.2. The molecule has 10 aromatic rings. The molecule has 3 unspecified atom stereocenters. The summed E-state index contributed by atoms with van der Waals surface area (Å²) in [5.41, 5.74) is 3.91. The number of carbonyl (C=O) groups excluding carboxylic acids is 1. The Morgan fingerprint density at radius 3 is 1.29 bits per heavy atom. The Morgan fingerprint density at radius 2 is 0.941 bits per heavy atom. The molecule has 12 heterocycles. The first-order valence-corrected chi connectivity index (χ1v) is 48.6. The van der Waals surface area contributed by atoms with Gasteiger partial charge in [0.25, 0.3) is 0 Å². The van der Waals surface area contributed by atoms with Crippen LogP contribution in [0.5, 0.6) is 15.9 Å². The number of rotatable bonds is 17. The first kappa shape index (κ1) is 108. The second-order valence-electron chi connectivity index (χ2n) is 23.4. The van der Waals surface area contributed by atoms with Crippen LogP contribution in [0.1, 0.15) is 135 Å². The van der Waals surface area contributed by atoms with Crippen LogP contribution < -0.4 is 14.2 Å². The molecule has 3 aliphatic rings. The van der Waals surface area contributed by atoms with Gasteiger partial charge in [0, 0.05) is 99.2 Å². The Morgan fingerprint density at radius 1 is 0.500 bits per heavy atom. The van der Waals surface area contributed by atoms with Crippen LogP contribution in [0.2, 0.25) is 0 Å². The Balaban J connectivity index is 0.000000277. The van der Waals surface area contributed by atoms with E-state index in [4.69, 9.17) is 57.8 Å². The number of benzene rings is 1. The Kier molecular flexibility index (Phi) is 49.8. The van der Waals surface area contributed by atoms with Crippen molar-refractivity contribution in [3.05, 3.63) is 210 Å². The zero-order chi connectivity index (χ0) is 88.3. The molecule has 0 radical (unpaired) electrons. The predicted molar refractivity (Wildman–Crippen MR) is 465 cm³/mol. The third kappa shape index (κ3) is 40.7. The third-order valence-corrected chi connectivity index (χ3v) is 31.4. The minimum atomic E-state index is -4.38. The largest absolute Gasteiger partial charge is 0.480 e. The highest BCUT2D eigenvalue weighted by molar-refractivity contribution is 9.11. The summed E-state index contributed by atoms with van der Waals surface area (Å²) in [5, 5.41) is 37.0. The number of alkyl halides is 20. The average molecular weight is 2350 g/mol.